The first-order chi connectivity index (χ1) is 7.81. The first kappa shape index (κ1) is 11.4. The van der Waals surface area contributed by atoms with E-state index in [1.54, 1.807) is 7.11 Å². The van der Waals surface area contributed by atoms with E-state index in [2.05, 4.69) is 11.5 Å². The van der Waals surface area contributed by atoms with Crippen LogP contribution in [-0.2, 0) is 16.0 Å². The quantitative estimate of drug-likeness (QED) is 0.449. The Bertz CT molecular complexity index is 355. The molecule has 4 heteroatoms. The summed E-state index contributed by atoms with van der Waals surface area (Å²) in [4.78, 5) is 5.34. The molecule has 0 saturated heterocycles. The summed E-state index contributed by atoms with van der Waals surface area (Å²) < 4.78 is 4.91. The van der Waals surface area contributed by atoms with Gasteiger partial charge in [0.25, 0.3) is 0 Å². The normalized spacial score (nSPS) is 18.7. The molecule has 1 atom stereocenters. The summed E-state index contributed by atoms with van der Waals surface area (Å²) in [6, 6.07) is 6.35. The second-order valence-corrected chi connectivity index (χ2v) is 4.01. The molecule has 2 rings (SSSR count). The topological polar surface area (TPSA) is 56.5 Å². The molecule has 1 aliphatic rings. The maximum absolute atomic E-state index is 5.75. The largest absolute Gasteiger partial charge is 0.399 e. The average Bonchev–Trinajstić information content (AvgIpc) is 2.67. The van der Waals surface area contributed by atoms with Gasteiger partial charge in [-0.15, -0.1) is 0 Å². The van der Waals surface area contributed by atoms with E-state index in [0.717, 1.165) is 18.5 Å². The van der Waals surface area contributed by atoms with Crippen LogP contribution in [-0.4, -0.2) is 20.3 Å². The van der Waals surface area contributed by atoms with Crippen LogP contribution in [0.25, 0.3) is 0 Å². The van der Waals surface area contributed by atoms with Crippen molar-refractivity contribution in [3.8, 4) is 0 Å². The van der Waals surface area contributed by atoms with Crippen LogP contribution >= 0.6 is 0 Å². The fourth-order valence-electron chi connectivity index (χ4n) is 2.04. The van der Waals surface area contributed by atoms with Crippen LogP contribution in [0.2, 0.25) is 0 Å². The molecular weight excluding hydrogens is 204 g/mol. The van der Waals surface area contributed by atoms with Crippen molar-refractivity contribution in [1.82, 2.24) is 5.48 Å². The summed E-state index contributed by atoms with van der Waals surface area (Å²) >= 11 is 0. The molecule has 3 N–H and O–H groups in total. The van der Waals surface area contributed by atoms with E-state index < -0.39 is 0 Å². The van der Waals surface area contributed by atoms with Crippen molar-refractivity contribution in [3.63, 3.8) is 0 Å². The highest BCUT2D eigenvalue weighted by molar-refractivity contribution is 5.47. The zero-order valence-electron chi connectivity index (χ0n) is 9.53. The molecular formula is C12H18N2O2. The number of fused-ring (bicyclic) bond motifs is 1. The molecule has 0 heterocycles. The molecule has 1 aromatic rings. The Kier molecular flexibility index (Phi) is 3.77. The van der Waals surface area contributed by atoms with E-state index >= 15 is 0 Å². The number of benzene rings is 1. The number of methoxy groups -OCH3 is 1. The third-order valence-electron chi connectivity index (χ3n) is 2.86. The minimum Gasteiger partial charge on any atom is -0.399 e. The summed E-state index contributed by atoms with van der Waals surface area (Å²) in [6.45, 7) is 1.17. The number of rotatable bonds is 5. The summed E-state index contributed by atoms with van der Waals surface area (Å²) in [6.07, 6.45) is 2.12. The van der Waals surface area contributed by atoms with Crippen molar-refractivity contribution in [1.29, 1.82) is 0 Å². The van der Waals surface area contributed by atoms with Crippen molar-refractivity contribution in [2.75, 3.05) is 26.1 Å². The molecule has 1 aliphatic carbocycles. The highest BCUT2D eigenvalue weighted by Crippen LogP contribution is 2.32. The van der Waals surface area contributed by atoms with Crippen LogP contribution in [0, 0.1) is 0 Å². The van der Waals surface area contributed by atoms with Gasteiger partial charge in [-0.05, 0) is 36.1 Å². The van der Waals surface area contributed by atoms with Crippen molar-refractivity contribution < 1.29 is 9.57 Å². The van der Waals surface area contributed by atoms with E-state index in [1.807, 2.05) is 12.1 Å². The van der Waals surface area contributed by atoms with Gasteiger partial charge in [-0.3, -0.25) is 4.84 Å². The van der Waals surface area contributed by atoms with Crippen molar-refractivity contribution in [2.45, 2.75) is 18.9 Å². The molecule has 88 valence electrons. The summed E-state index contributed by atoms with van der Waals surface area (Å²) in [5.41, 5.74) is 12.3. The van der Waals surface area contributed by atoms with E-state index in [4.69, 9.17) is 15.3 Å². The second-order valence-electron chi connectivity index (χ2n) is 4.01. The molecule has 16 heavy (non-hydrogen) atoms. The number of anilines is 1. The molecule has 0 bridgehead atoms. The zero-order valence-corrected chi connectivity index (χ0v) is 9.53. The number of aryl methyl sites for hydroxylation is 1. The molecule has 4 nitrogen and oxygen atoms in total. The van der Waals surface area contributed by atoms with Gasteiger partial charge in [0.2, 0.25) is 0 Å². The van der Waals surface area contributed by atoms with E-state index in [9.17, 15) is 0 Å². The number of nitrogens with one attached hydrogen (secondary N) is 1. The Balaban J connectivity index is 1.91. The second kappa shape index (κ2) is 5.30. The Morgan fingerprint density at radius 3 is 3.12 bits per heavy atom. The lowest BCUT2D eigenvalue weighted by molar-refractivity contribution is -0.0121. The lowest BCUT2D eigenvalue weighted by Gasteiger charge is -2.13. The highest BCUT2D eigenvalue weighted by Gasteiger charge is 2.22. The first-order valence-corrected chi connectivity index (χ1v) is 5.56. The molecule has 0 radical (unpaired) electrons. The monoisotopic (exact) mass is 222 g/mol. The number of hydroxylamine groups is 1. The number of nitrogen functional groups attached to an aromatic ring is 1. The maximum atomic E-state index is 5.75. The highest BCUT2D eigenvalue weighted by atomic mass is 16.7. The summed E-state index contributed by atoms with van der Waals surface area (Å²) in [5.74, 6) is 0. The van der Waals surface area contributed by atoms with E-state index in [0.29, 0.717) is 13.2 Å². The Morgan fingerprint density at radius 2 is 2.31 bits per heavy atom. The maximum Gasteiger partial charge on any atom is 0.0916 e. The number of hydrogen-bond donors (Lipinski definition) is 2. The Labute approximate surface area is 95.7 Å². The minimum absolute atomic E-state index is 0.285. The molecule has 0 spiro atoms. The standard InChI is InChI=1S/C12H18N2O2/c1-15-6-7-16-14-12-5-2-9-8-10(13)3-4-11(9)12/h3-4,8,12,14H,2,5-7,13H2,1H3. The fourth-order valence-corrected chi connectivity index (χ4v) is 2.04. The Morgan fingerprint density at radius 1 is 1.44 bits per heavy atom. The molecule has 0 aliphatic heterocycles. The minimum atomic E-state index is 0.285. The number of ether oxygens (including phenoxy) is 1. The third-order valence-corrected chi connectivity index (χ3v) is 2.86. The van der Waals surface area contributed by atoms with Gasteiger partial charge in [0.15, 0.2) is 0 Å². The number of nitrogens with two attached hydrogens (primary N) is 1. The predicted molar refractivity (Wildman–Crippen MR) is 62.9 cm³/mol. The van der Waals surface area contributed by atoms with E-state index in [-0.39, 0.29) is 6.04 Å². The average molecular weight is 222 g/mol. The molecule has 1 unspecified atom stereocenters. The molecule has 0 fully saturated rings. The zero-order chi connectivity index (χ0) is 11.4. The Hall–Kier alpha value is -1.10. The number of hydrogen-bond acceptors (Lipinski definition) is 4. The third kappa shape index (κ3) is 2.52. The van der Waals surface area contributed by atoms with Crippen LogP contribution in [0.3, 0.4) is 0 Å². The molecule has 0 aromatic heterocycles. The lowest BCUT2D eigenvalue weighted by atomic mass is 10.1. The molecule has 1 aromatic carbocycles. The van der Waals surface area contributed by atoms with Crippen LogP contribution in [0.15, 0.2) is 18.2 Å². The van der Waals surface area contributed by atoms with E-state index in [1.165, 1.54) is 11.1 Å². The smallest absolute Gasteiger partial charge is 0.0916 e. The molecule has 0 amide bonds. The van der Waals surface area contributed by atoms with Crippen molar-refractivity contribution in [3.05, 3.63) is 29.3 Å². The molecule has 0 saturated carbocycles. The van der Waals surface area contributed by atoms with Gasteiger partial charge >= 0.3 is 0 Å². The first-order valence-electron chi connectivity index (χ1n) is 5.56. The summed E-state index contributed by atoms with van der Waals surface area (Å²) in [5, 5.41) is 0. The van der Waals surface area contributed by atoms with Gasteiger partial charge in [-0.2, -0.15) is 5.48 Å². The van der Waals surface area contributed by atoms with Crippen LogP contribution in [0.5, 0.6) is 0 Å². The van der Waals surface area contributed by atoms with Gasteiger partial charge in [-0.25, -0.2) is 0 Å². The van der Waals surface area contributed by atoms with Gasteiger partial charge in [0.05, 0.1) is 19.3 Å². The van der Waals surface area contributed by atoms with Gasteiger partial charge in [0, 0.05) is 12.8 Å². The van der Waals surface area contributed by atoms with Crippen LogP contribution in [0.1, 0.15) is 23.6 Å². The lowest BCUT2D eigenvalue weighted by Crippen LogP contribution is -2.21. The van der Waals surface area contributed by atoms with Gasteiger partial charge in [-0.1, -0.05) is 6.07 Å². The van der Waals surface area contributed by atoms with Crippen molar-refractivity contribution >= 4 is 5.69 Å². The van der Waals surface area contributed by atoms with Crippen LogP contribution < -0.4 is 11.2 Å². The van der Waals surface area contributed by atoms with Crippen LogP contribution in [0.4, 0.5) is 5.69 Å². The van der Waals surface area contributed by atoms with Gasteiger partial charge < -0.3 is 10.5 Å². The fraction of sp³-hybridized carbons (Fsp3) is 0.500. The summed E-state index contributed by atoms with van der Waals surface area (Å²) in [7, 11) is 1.66. The predicted octanol–water partition coefficient (Wildman–Crippen LogP) is 1.42. The van der Waals surface area contributed by atoms with Crippen molar-refractivity contribution in [2.24, 2.45) is 0 Å². The van der Waals surface area contributed by atoms with Gasteiger partial charge in [0.1, 0.15) is 0 Å². The SMILES string of the molecule is COCCONC1CCc2cc(N)ccc21.